The van der Waals surface area contributed by atoms with E-state index in [0.717, 1.165) is 4.90 Å². The van der Waals surface area contributed by atoms with Gasteiger partial charge in [-0.05, 0) is 18.2 Å². The molecule has 3 rings (SSSR count). The number of fused-ring (bicyclic) bond motifs is 1. The van der Waals surface area contributed by atoms with Gasteiger partial charge in [0.05, 0.1) is 11.1 Å². The van der Waals surface area contributed by atoms with Crippen molar-refractivity contribution in [1.29, 1.82) is 0 Å². The fraction of sp³-hybridized carbons (Fsp3) is 0. The molecular weight excluding hydrogens is 260 g/mol. The van der Waals surface area contributed by atoms with Crippen LogP contribution in [-0.4, -0.2) is 16.8 Å². The second-order valence-electron chi connectivity index (χ2n) is 3.45. The summed E-state index contributed by atoms with van der Waals surface area (Å²) in [6.45, 7) is 0. The molecule has 0 spiro atoms. The topological polar surface area (TPSA) is 50.3 Å². The number of benzene rings is 1. The summed E-state index contributed by atoms with van der Waals surface area (Å²) in [4.78, 5) is 29.2. The fourth-order valence-corrected chi connectivity index (χ4v) is 2.52. The minimum Gasteiger partial charge on any atom is -0.268 e. The molecule has 0 radical (unpaired) electrons. The van der Waals surface area contributed by atoms with Crippen molar-refractivity contribution in [3.8, 4) is 0 Å². The lowest BCUT2D eigenvalue weighted by Gasteiger charge is -2.08. The third kappa shape index (κ3) is 1.47. The lowest BCUT2D eigenvalue weighted by atomic mass is 10.1. The predicted molar refractivity (Wildman–Crippen MR) is 64.7 cm³/mol. The Labute approximate surface area is 105 Å². The van der Waals surface area contributed by atoms with Crippen LogP contribution in [0.15, 0.2) is 29.8 Å². The van der Waals surface area contributed by atoms with Crippen LogP contribution in [0.4, 0.5) is 5.13 Å². The van der Waals surface area contributed by atoms with Crippen molar-refractivity contribution in [2.24, 2.45) is 0 Å². The highest BCUT2D eigenvalue weighted by atomic mass is 35.5. The molecule has 2 amide bonds. The van der Waals surface area contributed by atoms with Crippen LogP contribution in [0, 0.1) is 0 Å². The molecule has 2 heterocycles. The molecule has 4 nitrogen and oxygen atoms in total. The molecule has 0 saturated carbocycles. The Morgan fingerprint density at radius 2 is 1.94 bits per heavy atom. The van der Waals surface area contributed by atoms with E-state index in [1.165, 1.54) is 17.4 Å². The van der Waals surface area contributed by atoms with Crippen molar-refractivity contribution in [1.82, 2.24) is 4.98 Å². The van der Waals surface area contributed by atoms with Gasteiger partial charge >= 0.3 is 0 Å². The van der Waals surface area contributed by atoms with Gasteiger partial charge in [-0.2, -0.15) is 0 Å². The van der Waals surface area contributed by atoms with Gasteiger partial charge in [0.2, 0.25) is 0 Å². The van der Waals surface area contributed by atoms with E-state index >= 15 is 0 Å². The number of carbonyl (C=O) groups excluding carboxylic acids is 2. The van der Waals surface area contributed by atoms with E-state index in [9.17, 15) is 9.59 Å². The molecule has 1 aliphatic heterocycles. The Hall–Kier alpha value is -1.72. The Kier molecular flexibility index (Phi) is 2.24. The largest absolute Gasteiger partial charge is 0.268 e. The zero-order valence-corrected chi connectivity index (χ0v) is 9.96. The van der Waals surface area contributed by atoms with Gasteiger partial charge in [0.25, 0.3) is 11.8 Å². The fourth-order valence-electron chi connectivity index (χ4n) is 1.71. The summed E-state index contributed by atoms with van der Waals surface area (Å²) in [5.74, 6) is -0.723. The van der Waals surface area contributed by atoms with Gasteiger partial charge in [-0.3, -0.25) is 9.59 Å². The number of imide groups is 1. The zero-order valence-electron chi connectivity index (χ0n) is 8.38. The van der Waals surface area contributed by atoms with Gasteiger partial charge in [-0.15, -0.1) is 11.3 Å². The van der Waals surface area contributed by atoms with Crippen LogP contribution < -0.4 is 4.90 Å². The molecule has 1 aliphatic rings. The van der Waals surface area contributed by atoms with E-state index in [1.807, 2.05) is 0 Å². The average molecular weight is 265 g/mol. The van der Waals surface area contributed by atoms with Crippen LogP contribution >= 0.6 is 22.9 Å². The number of rotatable bonds is 1. The van der Waals surface area contributed by atoms with Crippen LogP contribution in [-0.2, 0) is 0 Å². The smallest absolute Gasteiger partial charge is 0.268 e. The number of thiazole rings is 1. The second-order valence-corrected chi connectivity index (χ2v) is 4.76. The molecule has 1 aromatic heterocycles. The first-order valence-corrected chi connectivity index (χ1v) is 6.02. The van der Waals surface area contributed by atoms with E-state index in [-0.39, 0.29) is 11.8 Å². The van der Waals surface area contributed by atoms with Crippen LogP contribution in [0.3, 0.4) is 0 Å². The first-order chi connectivity index (χ1) is 8.18. The lowest BCUT2D eigenvalue weighted by molar-refractivity contribution is 0.0926. The third-order valence-corrected chi connectivity index (χ3v) is 3.45. The molecule has 0 saturated heterocycles. The predicted octanol–water partition coefficient (Wildman–Crippen LogP) is 2.60. The minimum atomic E-state index is -0.373. The molecule has 2 aromatic rings. The zero-order chi connectivity index (χ0) is 12.0. The van der Waals surface area contributed by atoms with Crippen molar-refractivity contribution >= 4 is 39.9 Å². The number of hydrogen-bond donors (Lipinski definition) is 0. The summed E-state index contributed by atoms with van der Waals surface area (Å²) in [5, 5.41) is 2.53. The van der Waals surface area contributed by atoms with Gasteiger partial charge in [0.15, 0.2) is 5.13 Å². The summed E-state index contributed by atoms with van der Waals surface area (Å²) in [5.41, 5.74) is 0.701. The number of anilines is 1. The number of amides is 2. The van der Waals surface area contributed by atoms with Gasteiger partial charge < -0.3 is 0 Å². The maximum atomic E-state index is 12.1. The van der Waals surface area contributed by atoms with E-state index in [2.05, 4.69) is 4.98 Å². The van der Waals surface area contributed by atoms with Crippen LogP contribution in [0.25, 0.3) is 0 Å². The van der Waals surface area contributed by atoms with Gasteiger partial charge in [0.1, 0.15) is 0 Å². The summed E-state index contributed by atoms with van der Waals surface area (Å²) >= 11 is 7.06. The Bertz CT molecular complexity index is 624. The maximum absolute atomic E-state index is 12.1. The molecule has 0 unspecified atom stereocenters. The molecule has 0 bridgehead atoms. The van der Waals surface area contributed by atoms with Crippen molar-refractivity contribution in [2.45, 2.75) is 0 Å². The molecule has 0 N–H and O–H groups in total. The molecule has 17 heavy (non-hydrogen) atoms. The van der Waals surface area contributed by atoms with Crippen molar-refractivity contribution in [2.75, 3.05) is 4.90 Å². The highest BCUT2D eigenvalue weighted by Gasteiger charge is 2.37. The lowest BCUT2D eigenvalue weighted by Crippen LogP contribution is -2.29. The normalized spacial score (nSPS) is 14.3. The van der Waals surface area contributed by atoms with Gasteiger partial charge in [-0.25, -0.2) is 9.88 Å². The van der Waals surface area contributed by atoms with E-state index in [4.69, 9.17) is 11.6 Å². The van der Waals surface area contributed by atoms with Crippen molar-refractivity contribution in [3.63, 3.8) is 0 Å². The van der Waals surface area contributed by atoms with Crippen molar-refractivity contribution < 1.29 is 9.59 Å². The highest BCUT2D eigenvalue weighted by Crippen LogP contribution is 2.30. The van der Waals surface area contributed by atoms with Crippen LogP contribution in [0.2, 0.25) is 5.02 Å². The number of nitrogens with zero attached hydrogens (tertiary/aromatic N) is 2. The first-order valence-electron chi connectivity index (χ1n) is 4.76. The summed E-state index contributed by atoms with van der Waals surface area (Å²) < 4.78 is 0. The monoisotopic (exact) mass is 264 g/mol. The molecule has 84 valence electrons. The van der Waals surface area contributed by atoms with E-state index < -0.39 is 0 Å². The van der Waals surface area contributed by atoms with E-state index in [1.54, 1.807) is 23.7 Å². The van der Waals surface area contributed by atoms with Crippen molar-refractivity contribution in [3.05, 3.63) is 45.9 Å². The first kappa shape index (κ1) is 10.4. The Morgan fingerprint density at radius 3 is 2.65 bits per heavy atom. The molecule has 0 atom stereocenters. The molecule has 1 aromatic carbocycles. The highest BCUT2D eigenvalue weighted by molar-refractivity contribution is 7.14. The summed E-state index contributed by atoms with van der Waals surface area (Å²) in [7, 11) is 0. The maximum Gasteiger partial charge on any atom is 0.268 e. The van der Waals surface area contributed by atoms with Crippen LogP contribution in [0.1, 0.15) is 20.7 Å². The molecular formula is C11H5ClN2O2S. The standard InChI is InChI=1S/C11H5ClN2O2S/c12-6-1-2-7-8(5-6)10(16)14(9(7)15)11-13-3-4-17-11/h1-5H. The van der Waals surface area contributed by atoms with Crippen LogP contribution in [0.5, 0.6) is 0 Å². The Balaban J connectivity index is 2.15. The van der Waals surface area contributed by atoms with Gasteiger partial charge in [-0.1, -0.05) is 11.6 Å². The van der Waals surface area contributed by atoms with Gasteiger partial charge in [0, 0.05) is 16.6 Å². The molecule has 6 heteroatoms. The molecule has 0 fully saturated rings. The van der Waals surface area contributed by atoms with E-state index in [0.29, 0.717) is 21.3 Å². The minimum absolute atomic E-state index is 0.331. The summed E-state index contributed by atoms with van der Waals surface area (Å²) in [6, 6.07) is 4.66. The Morgan fingerprint density at radius 1 is 1.18 bits per heavy atom. The summed E-state index contributed by atoms with van der Waals surface area (Å²) in [6.07, 6.45) is 1.55. The number of carbonyl (C=O) groups is 2. The SMILES string of the molecule is O=C1c2ccc(Cl)cc2C(=O)N1c1nccs1. The second kappa shape index (κ2) is 3.65. The quantitative estimate of drug-likeness (QED) is 0.744. The molecule has 0 aliphatic carbocycles. The number of aromatic nitrogens is 1. The average Bonchev–Trinajstić information content (AvgIpc) is 2.88. The third-order valence-electron chi connectivity index (χ3n) is 2.46. The number of hydrogen-bond acceptors (Lipinski definition) is 4. The number of halogens is 1.